The second-order valence-corrected chi connectivity index (χ2v) is 7.38. The number of carbonyl (C=O) groups excluding carboxylic acids is 2. The van der Waals surface area contributed by atoms with Crippen LogP contribution >= 0.6 is 0 Å². The highest BCUT2D eigenvalue weighted by atomic mass is 16.1. The Hall–Kier alpha value is -3.00. The zero-order valence-electron chi connectivity index (χ0n) is 16.4. The number of benzene rings is 3. The van der Waals surface area contributed by atoms with Crippen molar-refractivity contribution in [2.75, 3.05) is 0 Å². The monoisotopic (exact) mass is 368 g/mol. The molecule has 0 bridgehead atoms. The molecule has 0 N–H and O–H groups in total. The second-order valence-electron chi connectivity index (χ2n) is 7.38. The highest BCUT2D eigenvalue weighted by Crippen LogP contribution is 2.38. The van der Waals surface area contributed by atoms with Crippen molar-refractivity contribution in [1.82, 2.24) is 0 Å². The fourth-order valence-electron chi connectivity index (χ4n) is 4.29. The normalized spacial score (nSPS) is 12.6. The van der Waals surface area contributed by atoms with Gasteiger partial charge < -0.3 is 0 Å². The van der Waals surface area contributed by atoms with Crippen LogP contribution in [0.4, 0.5) is 0 Å². The Morgan fingerprint density at radius 1 is 0.643 bits per heavy atom. The number of hydrogen-bond donors (Lipinski definition) is 0. The number of ketones is 2. The number of aryl methyl sites for hydroxylation is 1. The van der Waals surface area contributed by atoms with E-state index in [0.29, 0.717) is 22.3 Å². The van der Waals surface area contributed by atoms with E-state index in [1.807, 2.05) is 42.5 Å². The molecule has 2 nitrogen and oxygen atoms in total. The van der Waals surface area contributed by atoms with Crippen molar-refractivity contribution in [2.24, 2.45) is 0 Å². The number of hydrogen-bond acceptors (Lipinski definition) is 2. The van der Waals surface area contributed by atoms with Crippen molar-refractivity contribution in [3.8, 4) is 11.1 Å². The molecular weight excluding hydrogens is 344 g/mol. The van der Waals surface area contributed by atoms with Crippen LogP contribution in [0, 0.1) is 0 Å². The van der Waals surface area contributed by atoms with Crippen LogP contribution in [0.1, 0.15) is 69.7 Å². The molecule has 2 heteroatoms. The highest BCUT2D eigenvalue weighted by molar-refractivity contribution is 6.30. The van der Waals surface area contributed by atoms with Gasteiger partial charge in [0.15, 0.2) is 11.6 Å². The molecular formula is C26H24O2. The Morgan fingerprint density at radius 2 is 1.21 bits per heavy atom. The second kappa shape index (κ2) is 7.55. The lowest BCUT2D eigenvalue weighted by Gasteiger charge is -2.25. The third-order valence-electron chi connectivity index (χ3n) is 5.50. The summed E-state index contributed by atoms with van der Waals surface area (Å²) in [6.07, 6.45) is 3.67. The lowest BCUT2D eigenvalue weighted by Crippen LogP contribution is -2.24. The van der Waals surface area contributed by atoms with Crippen molar-refractivity contribution in [2.45, 2.75) is 39.5 Å². The molecule has 4 rings (SSSR count). The van der Waals surface area contributed by atoms with Gasteiger partial charge in [-0.15, -0.1) is 0 Å². The van der Waals surface area contributed by atoms with E-state index in [1.165, 1.54) is 5.56 Å². The van der Waals surface area contributed by atoms with Crippen molar-refractivity contribution < 1.29 is 9.59 Å². The molecule has 1 aliphatic rings. The number of fused-ring (bicyclic) bond motifs is 2. The molecule has 0 unspecified atom stereocenters. The van der Waals surface area contributed by atoms with Crippen LogP contribution < -0.4 is 0 Å². The van der Waals surface area contributed by atoms with Gasteiger partial charge in [0.1, 0.15) is 0 Å². The molecule has 0 radical (unpaired) electrons. The van der Waals surface area contributed by atoms with Crippen molar-refractivity contribution in [1.29, 1.82) is 0 Å². The van der Waals surface area contributed by atoms with Crippen LogP contribution in [0.5, 0.6) is 0 Å². The molecule has 0 aromatic heterocycles. The summed E-state index contributed by atoms with van der Waals surface area (Å²) in [7, 11) is 0. The van der Waals surface area contributed by atoms with Gasteiger partial charge in [-0.1, -0.05) is 87.4 Å². The van der Waals surface area contributed by atoms with Gasteiger partial charge in [0.05, 0.1) is 0 Å². The topological polar surface area (TPSA) is 34.1 Å². The van der Waals surface area contributed by atoms with E-state index in [9.17, 15) is 9.59 Å². The lowest BCUT2D eigenvalue weighted by atomic mass is 9.75. The molecule has 0 saturated carbocycles. The fraction of sp³-hybridized carbons (Fsp3) is 0.231. The molecule has 3 aromatic rings. The van der Waals surface area contributed by atoms with E-state index in [0.717, 1.165) is 42.4 Å². The Labute approximate surface area is 166 Å². The number of rotatable bonds is 5. The summed E-state index contributed by atoms with van der Waals surface area (Å²) in [5.74, 6) is -0.0479. The molecule has 140 valence electrons. The third kappa shape index (κ3) is 2.90. The van der Waals surface area contributed by atoms with Crippen molar-refractivity contribution in [3.05, 3.63) is 94.0 Å². The minimum atomic E-state index is -0.0375. The van der Waals surface area contributed by atoms with Gasteiger partial charge >= 0.3 is 0 Å². The first-order chi connectivity index (χ1) is 13.7. The van der Waals surface area contributed by atoms with E-state index >= 15 is 0 Å². The van der Waals surface area contributed by atoms with Crippen LogP contribution in [-0.2, 0) is 12.8 Å². The first kappa shape index (κ1) is 18.4. The van der Waals surface area contributed by atoms with Gasteiger partial charge in [0.2, 0.25) is 0 Å². The van der Waals surface area contributed by atoms with E-state index in [-0.39, 0.29) is 11.6 Å². The van der Waals surface area contributed by atoms with Crippen LogP contribution in [0.25, 0.3) is 11.1 Å². The summed E-state index contributed by atoms with van der Waals surface area (Å²) < 4.78 is 0. The molecule has 0 saturated heterocycles. The Bertz CT molecular complexity index is 1060. The molecule has 1 aliphatic carbocycles. The SMILES string of the molecule is CCCc1cc(-c2ccccc2)c2c(c1CCC)C(=O)c1ccccc1C2=O. The van der Waals surface area contributed by atoms with Gasteiger partial charge in [0, 0.05) is 22.3 Å². The highest BCUT2D eigenvalue weighted by Gasteiger charge is 2.34. The lowest BCUT2D eigenvalue weighted by molar-refractivity contribution is 0.0978. The Balaban J connectivity index is 2.09. The quantitative estimate of drug-likeness (QED) is 0.431. The zero-order chi connectivity index (χ0) is 19.7. The van der Waals surface area contributed by atoms with Crippen LogP contribution in [0.2, 0.25) is 0 Å². The molecule has 3 aromatic carbocycles. The molecule has 0 atom stereocenters. The van der Waals surface area contributed by atoms with E-state index in [1.54, 1.807) is 12.1 Å². The van der Waals surface area contributed by atoms with Gasteiger partial charge in [0.25, 0.3) is 0 Å². The minimum Gasteiger partial charge on any atom is -0.289 e. The molecule has 0 amide bonds. The zero-order valence-corrected chi connectivity index (χ0v) is 16.4. The summed E-state index contributed by atoms with van der Waals surface area (Å²) in [6.45, 7) is 4.27. The maximum Gasteiger partial charge on any atom is 0.195 e. The van der Waals surface area contributed by atoms with Crippen LogP contribution in [0.15, 0.2) is 60.7 Å². The smallest absolute Gasteiger partial charge is 0.195 e. The average Bonchev–Trinajstić information content (AvgIpc) is 2.73. The summed E-state index contributed by atoms with van der Waals surface area (Å²) in [5.41, 5.74) is 6.39. The maximum absolute atomic E-state index is 13.5. The van der Waals surface area contributed by atoms with Gasteiger partial charge in [-0.05, 0) is 35.1 Å². The number of carbonyl (C=O) groups is 2. The summed E-state index contributed by atoms with van der Waals surface area (Å²) in [5, 5.41) is 0. The van der Waals surface area contributed by atoms with Crippen LogP contribution in [0.3, 0.4) is 0 Å². The maximum atomic E-state index is 13.5. The standard InChI is InChI=1S/C26H24O2/c1-3-10-18-16-22(17-12-6-5-7-13-17)24-23(19(18)11-4-2)25(27)20-14-8-9-15-21(20)26(24)28/h5-9,12-16H,3-4,10-11H2,1-2H3. The van der Waals surface area contributed by atoms with Crippen LogP contribution in [-0.4, -0.2) is 11.6 Å². The molecule has 28 heavy (non-hydrogen) atoms. The summed E-state index contributed by atoms with van der Waals surface area (Å²) in [4.78, 5) is 27.1. The van der Waals surface area contributed by atoms with E-state index in [2.05, 4.69) is 19.9 Å². The Morgan fingerprint density at radius 3 is 1.82 bits per heavy atom. The predicted molar refractivity (Wildman–Crippen MR) is 113 cm³/mol. The van der Waals surface area contributed by atoms with E-state index < -0.39 is 0 Å². The first-order valence-corrected chi connectivity index (χ1v) is 10.1. The summed E-state index contributed by atoms with van der Waals surface area (Å²) >= 11 is 0. The third-order valence-corrected chi connectivity index (χ3v) is 5.50. The Kier molecular flexibility index (Phi) is 4.95. The molecule has 0 fully saturated rings. The molecule has 0 spiro atoms. The first-order valence-electron chi connectivity index (χ1n) is 10.1. The largest absolute Gasteiger partial charge is 0.289 e. The molecule has 0 aliphatic heterocycles. The van der Waals surface area contributed by atoms with E-state index in [4.69, 9.17) is 0 Å². The van der Waals surface area contributed by atoms with Gasteiger partial charge in [-0.3, -0.25) is 9.59 Å². The van der Waals surface area contributed by atoms with Crippen molar-refractivity contribution in [3.63, 3.8) is 0 Å². The van der Waals surface area contributed by atoms with Crippen molar-refractivity contribution >= 4 is 11.6 Å². The van der Waals surface area contributed by atoms with Gasteiger partial charge in [-0.25, -0.2) is 0 Å². The predicted octanol–water partition coefficient (Wildman–Crippen LogP) is 6.03. The minimum absolute atomic E-state index is 0.0104. The molecule has 0 heterocycles. The average molecular weight is 368 g/mol. The fourth-order valence-corrected chi connectivity index (χ4v) is 4.29. The summed E-state index contributed by atoms with van der Waals surface area (Å²) in [6, 6.07) is 19.3. The van der Waals surface area contributed by atoms with Gasteiger partial charge in [-0.2, -0.15) is 0 Å².